The van der Waals surface area contributed by atoms with Crippen LogP contribution in [-0.2, 0) is 16.0 Å². The summed E-state index contributed by atoms with van der Waals surface area (Å²) in [6.07, 6.45) is 0.197. The van der Waals surface area contributed by atoms with Crippen LogP contribution in [0.1, 0.15) is 33.0 Å². The van der Waals surface area contributed by atoms with Crippen molar-refractivity contribution in [1.82, 2.24) is 9.88 Å². The molecular weight excluding hydrogens is 570 g/mol. The second-order valence-corrected chi connectivity index (χ2v) is 11.0. The molecule has 0 bridgehead atoms. The van der Waals surface area contributed by atoms with Crippen molar-refractivity contribution in [2.45, 2.75) is 12.3 Å². The third kappa shape index (κ3) is 6.68. The predicted octanol–water partition coefficient (Wildman–Crippen LogP) is 5.61. The number of anilines is 3. The third-order valence-corrected chi connectivity index (χ3v) is 7.87. The first-order valence-electron chi connectivity index (χ1n) is 14.5. The fourth-order valence-corrected chi connectivity index (χ4v) is 5.58. The number of rotatable bonds is 10. The minimum atomic E-state index is -0.933. The maximum absolute atomic E-state index is 13.0. The molecule has 5 aromatic rings. The summed E-state index contributed by atoms with van der Waals surface area (Å²) in [5, 5.41) is 25.2. The van der Waals surface area contributed by atoms with Crippen molar-refractivity contribution in [2.24, 2.45) is 5.92 Å². The number of oxazole rings is 1. The summed E-state index contributed by atoms with van der Waals surface area (Å²) in [7, 11) is 0. The molecule has 0 saturated carbocycles. The quantitative estimate of drug-likeness (QED) is 0.186. The van der Waals surface area contributed by atoms with E-state index in [1.165, 1.54) is 0 Å². The molecule has 3 N–H and O–H groups in total. The zero-order valence-electron chi connectivity index (χ0n) is 24.1. The largest absolute Gasteiger partial charge is 0.481 e. The smallest absolute Gasteiger partial charge is 0.308 e. The summed E-state index contributed by atoms with van der Waals surface area (Å²) in [4.78, 5) is 43.8. The van der Waals surface area contributed by atoms with E-state index in [2.05, 4.69) is 21.7 Å². The van der Waals surface area contributed by atoms with E-state index in [1.807, 2.05) is 42.5 Å². The molecule has 10 nitrogen and oxygen atoms in total. The Morgan fingerprint density at radius 3 is 2.49 bits per heavy atom. The minimum absolute atomic E-state index is 0.0265. The van der Waals surface area contributed by atoms with E-state index in [4.69, 9.17) is 9.68 Å². The van der Waals surface area contributed by atoms with E-state index in [0.29, 0.717) is 34.5 Å². The van der Waals surface area contributed by atoms with Crippen molar-refractivity contribution in [2.75, 3.05) is 30.3 Å². The Labute approximate surface area is 258 Å². The van der Waals surface area contributed by atoms with Crippen LogP contribution in [0.2, 0.25) is 0 Å². The molecular formula is C35H29N5O5. The number of ketones is 1. The highest BCUT2D eigenvalue weighted by Crippen LogP contribution is 2.34. The highest BCUT2D eigenvalue weighted by molar-refractivity contribution is 5.95. The van der Waals surface area contributed by atoms with Gasteiger partial charge >= 0.3 is 5.97 Å². The number of fused-ring (bicyclic) bond motifs is 1. The molecule has 224 valence electrons. The standard InChI is InChI=1S/C35H29N5O5/c36-18-23-5-4-8-27(15-23)38-35-39-31-14-9-22(17-32(31)45-35)16-28(41)19-37-26-12-10-24(11-13-26)29-20-40(21-30(29)34(43)44)33(42)25-6-2-1-3-7-25/h1-15,17,29-30,37H,16,19-21H2,(H,38,39)(H,43,44). The topological polar surface area (TPSA) is 149 Å². The van der Waals surface area contributed by atoms with Gasteiger partial charge in [-0.3, -0.25) is 14.4 Å². The van der Waals surface area contributed by atoms with Crippen LogP contribution in [0.3, 0.4) is 0 Å². The summed E-state index contributed by atoms with van der Waals surface area (Å²) >= 11 is 0. The van der Waals surface area contributed by atoms with E-state index in [-0.39, 0.29) is 43.1 Å². The van der Waals surface area contributed by atoms with Crippen LogP contribution in [0, 0.1) is 17.2 Å². The Morgan fingerprint density at radius 1 is 0.933 bits per heavy atom. The SMILES string of the molecule is N#Cc1cccc(Nc2nc3ccc(CC(=O)CNc4ccc(C5CN(C(=O)c6ccccc6)CC5C(=O)O)cc4)cc3o2)c1. The molecule has 1 fully saturated rings. The number of Topliss-reactive ketones (excluding diaryl/α,β-unsaturated/α-hetero) is 1. The van der Waals surface area contributed by atoms with Gasteiger partial charge in [0.25, 0.3) is 11.9 Å². The number of carboxylic acids is 1. The van der Waals surface area contributed by atoms with Gasteiger partial charge in [0.05, 0.1) is 24.1 Å². The Balaban J connectivity index is 1.04. The summed E-state index contributed by atoms with van der Waals surface area (Å²) in [6, 6.07) is 31.0. The number of nitrogens with one attached hydrogen (secondary N) is 2. The number of amides is 1. The Bertz CT molecular complexity index is 1910. The fourth-order valence-electron chi connectivity index (χ4n) is 5.58. The molecule has 1 aromatic heterocycles. The van der Waals surface area contributed by atoms with Crippen LogP contribution in [-0.4, -0.2) is 52.3 Å². The second kappa shape index (κ2) is 12.7. The first-order valence-corrected chi connectivity index (χ1v) is 14.5. The number of likely N-dealkylation sites (tertiary alicyclic amines) is 1. The first kappa shape index (κ1) is 29.1. The van der Waals surface area contributed by atoms with Crippen molar-refractivity contribution in [3.8, 4) is 6.07 Å². The van der Waals surface area contributed by atoms with E-state index in [9.17, 15) is 19.5 Å². The molecule has 45 heavy (non-hydrogen) atoms. The molecule has 0 aliphatic carbocycles. The molecule has 2 unspecified atom stereocenters. The molecule has 10 heteroatoms. The Kier molecular flexibility index (Phi) is 8.24. The molecule has 1 amide bonds. The normalized spacial score (nSPS) is 15.8. The molecule has 2 atom stereocenters. The number of nitriles is 1. The Hall–Kier alpha value is -5.95. The monoisotopic (exact) mass is 599 g/mol. The van der Waals surface area contributed by atoms with Crippen LogP contribution >= 0.6 is 0 Å². The lowest BCUT2D eigenvalue weighted by molar-refractivity contribution is -0.141. The van der Waals surface area contributed by atoms with Crippen LogP contribution in [0.4, 0.5) is 17.4 Å². The average Bonchev–Trinajstić information content (AvgIpc) is 3.69. The summed E-state index contributed by atoms with van der Waals surface area (Å²) < 4.78 is 5.82. The number of nitrogens with zero attached hydrogens (tertiary/aromatic N) is 3. The Morgan fingerprint density at radius 2 is 1.73 bits per heavy atom. The van der Waals surface area contributed by atoms with Crippen LogP contribution in [0.5, 0.6) is 0 Å². The van der Waals surface area contributed by atoms with Gasteiger partial charge in [0.2, 0.25) is 0 Å². The van der Waals surface area contributed by atoms with Gasteiger partial charge in [0, 0.05) is 42.4 Å². The highest BCUT2D eigenvalue weighted by atomic mass is 16.4. The number of benzene rings is 4. The second-order valence-electron chi connectivity index (χ2n) is 11.0. The molecule has 6 rings (SSSR count). The van der Waals surface area contributed by atoms with Gasteiger partial charge in [-0.05, 0) is 65.7 Å². The summed E-state index contributed by atoms with van der Waals surface area (Å²) in [6.45, 7) is 0.573. The lowest BCUT2D eigenvalue weighted by Crippen LogP contribution is -2.29. The zero-order chi connectivity index (χ0) is 31.3. The van der Waals surface area contributed by atoms with Crippen molar-refractivity contribution in [3.63, 3.8) is 0 Å². The summed E-state index contributed by atoms with van der Waals surface area (Å²) in [5.41, 5.74) is 5.26. The van der Waals surface area contributed by atoms with Crippen molar-refractivity contribution >= 4 is 46.1 Å². The zero-order valence-corrected chi connectivity index (χ0v) is 24.1. The lowest BCUT2D eigenvalue weighted by Gasteiger charge is -2.17. The predicted molar refractivity (Wildman–Crippen MR) is 168 cm³/mol. The number of hydrogen-bond donors (Lipinski definition) is 3. The van der Waals surface area contributed by atoms with Gasteiger partial charge in [-0.25, -0.2) is 0 Å². The highest BCUT2D eigenvalue weighted by Gasteiger charge is 2.40. The molecule has 1 aliphatic heterocycles. The number of aromatic nitrogens is 1. The number of carboxylic acid groups (broad SMARTS) is 1. The van der Waals surface area contributed by atoms with Gasteiger partial charge in [0.1, 0.15) is 5.52 Å². The first-order chi connectivity index (χ1) is 21.9. The van der Waals surface area contributed by atoms with Gasteiger partial charge in [0.15, 0.2) is 11.4 Å². The van der Waals surface area contributed by atoms with Crippen molar-refractivity contribution in [3.05, 3.63) is 119 Å². The van der Waals surface area contributed by atoms with Crippen molar-refractivity contribution < 1.29 is 23.9 Å². The van der Waals surface area contributed by atoms with E-state index >= 15 is 0 Å². The summed E-state index contributed by atoms with van der Waals surface area (Å²) in [5.74, 6) is -2.18. The molecule has 0 spiro atoms. The third-order valence-electron chi connectivity index (χ3n) is 7.87. The van der Waals surface area contributed by atoms with Gasteiger partial charge in [-0.2, -0.15) is 10.2 Å². The number of carbonyl (C=O) groups is 3. The molecule has 2 heterocycles. The average molecular weight is 600 g/mol. The van der Waals surface area contributed by atoms with Gasteiger partial charge in [-0.1, -0.05) is 42.5 Å². The molecule has 4 aromatic carbocycles. The maximum atomic E-state index is 13.0. The molecule has 1 saturated heterocycles. The number of hydrogen-bond acceptors (Lipinski definition) is 8. The van der Waals surface area contributed by atoms with Crippen LogP contribution in [0.15, 0.2) is 101 Å². The minimum Gasteiger partial charge on any atom is -0.481 e. The molecule has 1 aliphatic rings. The molecule has 0 radical (unpaired) electrons. The van der Waals surface area contributed by atoms with E-state index in [1.54, 1.807) is 59.5 Å². The number of carbonyl (C=O) groups excluding carboxylic acids is 2. The van der Waals surface area contributed by atoms with Crippen molar-refractivity contribution in [1.29, 1.82) is 5.26 Å². The van der Waals surface area contributed by atoms with Crippen LogP contribution in [0.25, 0.3) is 11.1 Å². The van der Waals surface area contributed by atoms with Gasteiger partial charge in [-0.15, -0.1) is 0 Å². The van der Waals surface area contributed by atoms with Gasteiger partial charge < -0.3 is 25.1 Å². The van der Waals surface area contributed by atoms with E-state index in [0.717, 1.165) is 16.8 Å². The fraction of sp³-hybridized carbons (Fsp3) is 0.171. The van der Waals surface area contributed by atoms with E-state index < -0.39 is 11.9 Å². The lowest BCUT2D eigenvalue weighted by atomic mass is 9.89. The van der Waals surface area contributed by atoms with Crippen LogP contribution < -0.4 is 10.6 Å². The number of aliphatic carboxylic acids is 1. The maximum Gasteiger partial charge on any atom is 0.308 e.